The fraction of sp³-hybridized carbons (Fsp3) is 0.444. The van der Waals surface area contributed by atoms with Crippen molar-refractivity contribution in [3.8, 4) is 0 Å². The molecule has 3 rings (SSSR count). The van der Waals surface area contributed by atoms with Crippen molar-refractivity contribution >= 4 is 29.1 Å². The molecule has 1 aromatic carbocycles. The highest BCUT2D eigenvalue weighted by molar-refractivity contribution is 6.35. The maximum atomic E-state index is 12.4. The molecule has 1 aliphatic heterocycles. The van der Waals surface area contributed by atoms with Gasteiger partial charge in [-0.1, -0.05) is 29.3 Å². The lowest BCUT2D eigenvalue weighted by atomic mass is 10.2. The van der Waals surface area contributed by atoms with E-state index in [-0.39, 0.29) is 5.91 Å². The fourth-order valence-electron chi connectivity index (χ4n) is 3.02. The Kier molecular flexibility index (Phi) is 5.99. The molecule has 1 fully saturated rings. The maximum Gasteiger partial charge on any atom is 0.224 e. The topological polar surface area (TPSA) is 41.4 Å². The van der Waals surface area contributed by atoms with E-state index < -0.39 is 0 Å². The first-order valence-electron chi connectivity index (χ1n) is 8.46. The van der Waals surface area contributed by atoms with Crippen LogP contribution >= 0.6 is 23.2 Å². The van der Waals surface area contributed by atoms with Gasteiger partial charge in [0.25, 0.3) is 0 Å². The van der Waals surface area contributed by atoms with Gasteiger partial charge in [0, 0.05) is 67.5 Å². The molecule has 0 aliphatic carbocycles. The second-order valence-corrected chi connectivity index (χ2v) is 7.14. The molecule has 1 aliphatic rings. The SMILES string of the molecule is Cc1ccn(CCC(=O)N2CCN(Cc3c(Cl)cccc3Cl)CC2)n1. The second-order valence-electron chi connectivity index (χ2n) is 6.33. The van der Waals surface area contributed by atoms with Gasteiger partial charge in [-0.25, -0.2) is 0 Å². The van der Waals surface area contributed by atoms with Gasteiger partial charge in [-0.3, -0.25) is 14.4 Å². The second kappa shape index (κ2) is 8.21. The third kappa shape index (κ3) is 4.75. The molecule has 1 saturated heterocycles. The number of piperazine rings is 1. The Labute approximate surface area is 158 Å². The molecular weight excluding hydrogens is 359 g/mol. The van der Waals surface area contributed by atoms with Crippen molar-refractivity contribution in [1.29, 1.82) is 0 Å². The third-order valence-electron chi connectivity index (χ3n) is 4.50. The van der Waals surface area contributed by atoms with Gasteiger partial charge >= 0.3 is 0 Å². The highest BCUT2D eigenvalue weighted by Gasteiger charge is 2.22. The summed E-state index contributed by atoms with van der Waals surface area (Å²) < 4.78 is 1.82. The lowest BCUT2D eigenvalue weighted by Crippen LogP contribution is -2.48. The van der Waals surface area contributed by atoms with E-state index in [4.69, 9.17) is 23.2 Å². The molecule has 2 heterocycles. The minimum atomic E-state index is 0.184. The molecule has 2 aromatic rings. The van der Waals surface area contributed by atoms with E-state index in [0.29, 0.717) is 29.6 Å². The minimum absolute atomic E-state index is 0.184. The number of halogens is 2. The Morgan fingerprint density at radius 1 is 1.12 bits per heavy atom. The van der Waals surface area contributed by atoms with E-state index >= 15 is 0 Å². The van der Waals surface area contributed by atoms with Crippen LogP contribution in [0.4, 0.5) is 0 Å². The predicted octanol–water partition coefficient (Wildman–Crippen LogP) is 3.23. The van der Waals surface area contributed by atoms with Crippen molar-refractivity contribution < 1.29 is 4.79 Å². The van der Waals surface area contributed by atoms with Crippen molar-refractivity contribution in [3.63, 3.8) is 0 Å². The average molecular weight is 381 g/mol. The Balaban J connectivity index is 1.47. The summed E-state index contributed by atoms with van der Waals surface area (Å²) in [6.07, 6.45) is 2.39. The number of carbonyl (C=O) groups excluding carboxylic acids is 1. The molecule has 0 radical (unpaired) electrons. The van der Waals surface area contributed by atoms with Gasteiger partial charge in [0.05, 0.1) is 5.69 Å². The molecule has 25 heavy (non-hydrogen) atoms. The van der Waals surface area contributed by atoms with Crippen LogP contribution in [0.25, 0.3) is 0 Å². The van der Waals surface area contributed by atoms with Gasteiger partial charge in [0.1, 0.15) is 0 Å². The molecule has 0 N–H and O–H groups in total. The summed E-state index contributed by atoms with van der Waals surface area (Å²) in [6.45, 7) is 6.42. The van der Waals surface area contributed by atoms with E-state index in [9.17, 15) is 4.79 Å². The quantitative estimate of drug-likeness (QED) is 0.799. The number of nitrogens with zero attached hydrogens (tertiary/aromatic N) is 4. The monoisotopic (exact) mass is 380 g/mol. The van der Waals surface area contributed by atoms with Gasteiger partial charge in [0.2, 0.25) is 5.91 Å². The van der Waals surface area contributed by atoms with Crippen LogP contribution in [0.3, 0.4) is 0 Å². The van der Waals surface area contributed by atoms with Crippen LogP contribution < -0.4 is 0 Å². The van der Waals surface area contributed by atoms with Gasteiger partial charge in [0.15, 0.2) is 0 Å². The Morgan fingerprint density at radius 2 is 1.80 bits per heavy atom. The number of benzene rings is 1. The average Bonchev–Trinajstić information content (AvgIpc) is 3.02. The van der Waals surface area contributed by atoms with Gasteiger partial charge in [-0.2, -0.15) is 5.10 Å². The number of hydrogen-bond acceptors (Lipinski definition) is 3. The molecule has 1 aromatic heterocycles. The molecular formula is C18H22Cl2N4O. The molecule has 0 bridgehead atoms. The summed E-state index contributed by atoms with van der Waals surface area (Å²) in [7, 11) is 0. The highest BCUT2D eigenvalue weighted by Crippen LogP contribution is 2.26. The van der Waals surface area contributed by atoms with Crippen LogP contribution in [0.2, 0.25) is 10.0 Å². The molecule has 0 atom stereocenters. The number of aromatic nitrogens is 2. The van der Waals surface area contributed by atoms with E-state index in [1.807, 2.05) is 47.0 Å². The largest absolute Gasteiger partial charge is 0.340 e. The van der Waals surface area contributed by atoms with Crippen molar-refractivity contribution in [2.75, 3.05) is 26.2 Å². The zero-order valence-corrected chi connectivity index (χ0v) is 15.8. The molecule has 5 nitrogen and oxygen atoms in total. The van der Waals surface area contributed by atoms with E-state index in [0.717, 1.165) is 37.4 Å². The van der Waals surface area contributed by atoms with E-state index in [1.165, 1.54) is 0 Å². The van der Waals surface area contributed by atoms with Crippen LogP contribution in [0, 0.1) is 6.92 Å². The first-order chi connectivity index (χ1) is 12.0. The van der Waals surface area contributed by atoms with Crippen molar-refractivity contribution in [2.24, 2.45) is 0 Å². The van der Waals surface area contributed by atoms with Crippen LogP contribution in [-0.4, -0.2) is 51.7 Å². The van der Waals surface area contributed by atoms with Crippen LogP contribution in [0.1, 0.15) is 17.7 Å². The number of hydrogen-bond donors (Lipinski definition) is 0. The highest BCUT2D eigenvalue weighted by atomic mass is 35.5. The predicted molar refractivity (Wildman–Crippen MR) is 99.9 cm³/mol. The van der Waals surface area contributed by atoms with Crippen molar-refractivity contribution in [2.45, 2.75) is 26.4 Å². The number of rotatable bonds is 5. The maximum absolute atomic E-state index is 12.4. The molecule has 7 heteroatoms. The zero-order valence-electron chi connectivity index (χ0n) is 14.3. The first kappa shape index (κ1) is 18.2. The van der Waals surface area contributed by atoms with Gasteiger partial charge in [-0.15, -0.1) is 0 Å². The molecule has 1 amide bonds. The van der Waals surface area contributed by atoms with Gasteiger partial charge < -0.3 is 4.90 Å². The lowest BCUT2D eigenvalue weighted by Gasteiger charge is -2.35. The summed E-state index contributed by atoms with van der Waals surface area (Å²) >= 11 is 12.5. The van der Waals surface area contributed by atoms with Crippen molar-refractivity contribution in [1.82, 2.24) is 19.6 Å². The summed E-state index contributed by atoms with van der Waals surface area (Å²) in [6, 6.07) is 7.52. The zero-order chi connectivity index (χ0) is 17.8. The fourth-order valence-corrected chi connectivity index (χ4v) is 3.54. The smallest absolute Gasteiger partial charge is 0.224 e. The number of amides is 1. The Morgan fingerprint density at radius 3 is 2.40 bits per heavy atom. The first-order valence-corrected chi connectivity index (χ1v) is 9.21. The summed E-state index contributed by atoms with van der Waals surface area (Å²) in [4.78, 5) is 16.6. The van der Waals surface area contributed by atoms with E-state index in [1.54, 1.807) is 0 Å². The molecule has 0 unspecified atom stereocenters. The van der Waals surface area contributed by atoms with E-state index in [2.05, 4.69) is 10.00 Å². The molecule has 134 valence electrons. The molecule has 0 spiro atoms. The summed E-state index contributed by atoms with van der Waals surface area (Å²) in [5, 5.41) is 5.71. The van der Waals surface area contributed by atoms with Crippen LogP contribution in [-0.2, 0) is 17.9 Å². The van der Waals surface area contributed by atoms with Crippen LogP contribution in [0.5, 0.6) is 0 Å². The lowest BCUT2D eigenvalue weighted by molar-refractivity contribution is -0.133. The normalized spacial score (nSPS) is 15.6. The Hall–Kier alpha value is -1.56. The number of carbonyl (C=O) groups is 1. The summed E-state index contributed by atoms with van der Waals surface area (Å²) in [5.74, 6) is 0.184. The van der Waals surface area contributed by atoms with Gasteiger partial charge in [-0.05, 0) is 25.1 Å². The molecule has 0 saturated carbocycles. The summed E-state index contributed by atoms with van der Waals surface area (Å²) in [5.41, 5.74) is 1.93. The standard InChI is InChI=1S/C18H22Cl2N4O/c1-14-5-7-24(21-14)8-6-18(25)23-11-9-22(10-12-23)13-15-16(19)3-2-4-17(15)20/h2-5,7H,6,8-13H2,1H3. The minimum Gasteiger partial charge on any atom is -0.340 e. The third-order valence-corrected chi connectivity index (χ3v) is 5.21. The Bertz CT molecular complexity index is 718. The van der Waals surface area contributed by atoms with Crippen LogP contribution in [0.15, 0.2) is 30.5 Å². The van der Waals surface area contributed by atoms with Crippen molar-refractivity contribution in [3.05, 3.63) is 51.8 Å². The number of aryl methyl sites for hydroxylation is 2.